The van der Waals surface area contributed by atoms with Crippen molar-refractivity contribution in [2.45, 2.75) is 6.42 Å². The Bertz CT molecular complexity index is 68.5. The van der Waals surface area contributed by atoms with Gasteiger partial charge in [0.05, 0.1) is 0 Å². The molecule has 0 radical (unpaired) electrons. The monoisotopic (exact) mass is 296 g/mol. The van der Waals surface area contributed by atoms with Crippen LogP contribution in [0.15, 0.2) is 18.2 Å². The molecular formula is C5H5F2Ir. The van der Waals surface area contributed by atoms with E-state index in [1.165, 1.54) is 0 Å². The van der Waals surface area contributed by atoms with Crippen LogP contribution in [0.5, 0.6) is 0 Å². The first-order valence-corrected chi connectivity index (χ1v) is 1.72. The van der Waals surface area contributed by atoms with E-state index >= 15 is 0 Å². The molecule has 48 valence electrons. The Morgan fingerprint density at radius 3 is 2.00 bits per heavy atom. The Labute approximate surface area is 60.7 Å². The van der Waals surface area contributed by atoms with Crippen molar-refractivity contribution in [1.29, 1.82) is 0 Å². The molecule has 0 saturated heterocycles. The fourth-order valence-electron chi connectivity index (χ4n) is 0.340. The molecule has 0 aromatic heterocycles. The second-order valence-electron chi connectivity index (χ2n) is 1.00. The summed E-state index contributed by atoms with van der Waals surface area (Å²) in [5, 5.41) is 0. The van der Waals surface area contributed by atoms with Crippen LogP contribution < -0.4 is 9.41 Å². The van der Waals surface area contributed by atoms with Gasteiger partial charge in [-0.15, -0.1) is 6.42 Å². The summed E-state index contributed by atoms with van der Waals surface area (Å²) in [6.07, 6.45) is 10.0. The summed E-state index contributed by atoms with van der Waals surface area (Å²) < 4.78 is 0. The van der Waals surface area contributed by atoms with E-state index in [1.54, 1.807) is 0 Å². The fourth-order valence-corrected chi connectivity index (χ4v) is 0.340. The summed E-state index contributed by atoms with van der Waals surface area (Å²) in [6, 6.07) is 0. The maximum atomic E-state index is 2.99. The summed E-state index contributed by atoms with van der Waals surface area (Å²) in [6.45, 7) is 0. The average molecular weight is 295 g/mol. The zero-order valence-electron chi connectivity index (χ0n) is 4.03. The largest absolute Gasteiger partial charge is 3.00 e. The van der Waals surface area contributed by atoms with Crippen LogP contribution >= 0.6 is 0 Å². The van der Waals surface area contributed by atoms with Gasteiger partial charge < -0.3 is 9.41 Å². The maximum absolute atomic E-state index is 2.99. The van der Waals surface area contributed by atoms with Crippen molar-refractivity contribution < 1.29 is 29.5 Å². The van der Waals surface area contributed by atoms with Gasteiger partial charge in [-0.25, -0.2) is 12.2 Å². The molecule has 0 aliphatic heterocycles. The predicted octanol–water partition coefficient (Wildman–Crippen LogP) is -4.69. The average Bonchev–Trinajstić information content (AvgIpc) is 1.76. The molecule has 0 heterocycles. The van der Waals surface area contributed by atoms with Crippen LogP contribution in [0, 0.1) is 6.08 Å². The van der Waals surface area contributed by atoms with E-state index < -0.39 is 0 Å². The van der Waals surface area contributed by atoms with Gasteiger partial charge in [-0.2, -0.15) is 6.08 Å². The van der Waals surface area contributed by atoms with Crippen molar-refractivity contribution in [3.05, 3.63) is 24.3 Å². The van der Waals surface area contributed by atoms with Gasteiger partial charge in [-0.3, -0.25) is 6.08 Å². The van der Waals surface area contributed by atoms with Gasteiger partial charge in [0.2, 0.25) is 0 Å². The van der Waals surface area contributed by atoms with Crippen molar-refractivity contribution in [3.8, 4) is 0 Å². The van der Waals surface area contributed by atoms with Gasteiger partial charge in [-0.05, 0) is 0 Å². The molecule has 0 N–H and O–H groups in total. The molecule has 8 heavy (non-hydrogen) atoms. The minimum absolute atomic E-state index is 0. The Kier molecular flexibility index (Phi) is 19.7. The molecule has 0 atom stereocenters. The molecule has 0 aromatic rings. The standard InChI is InChI=1S/C5H5.2FH.Ir/c1-2-4-5-3-1;;;/h1-3H,4H2;2*1H;/q-1;;;+3/p-2. The first kappa shape index (κ1) is 15.7. The summed E-state index contributed by atoms with van der Waals surface area (Å²) in [5.74, 6) is 0. The zero-order chi connectivity index (χ0) is 3.54. The van der Waals surface area contributed by atoms with Crippen LogP contribution in [0.25, 0.3) is 0 Å². The van der Waals surface area contributed by atoms with E-state index in [0.29, 0.717) is 0 Å². The van der Waals surface area contributed by atoms with Crippen molar-refractivity contribution in [3.63, 3.8) is 0 Å². The molecular weight excluding hydrogens is 290 g/mol. The van der Waals surface area contributed by atoms with Gasteiger partial charge in [0.1, 0.15) is 0 Å². The van der Waals surface area contributed by atoms with Gasteiger partial charge in [0, 0.05) is 0 Å². The first-order chi connectivity index (χ1) is 2.50. The molecule has 1 rings (SSSR count). The van der Waals surface area contributed by atoms with E-state index in [0.717, 1.165) is 6.42 Å². The van der Waals surface area contributed by atoms with Crippen LogP contribution in [0.4, 0.5) is 0 Å². The maximum Gasteiger partial charge on any atom is 3.00 e. The molecule has 1 aliphatic rings. The molecule has 0 fully saturated rings. The summed E-state index contributed by atoms with van der Waals surface area (Å²) in [7, 11) is 0. The van der Waals surface area contributed by atoms with Crippen molar-refractivity contribution >= 4 is 0 Å². The van der Waals surface area contributed by atoms with Gasteiger partial charge >= 0.3 is 20.1 Å². The molecule has 3 heteroatoms. The zero-order valence-corrected chi connectivity index (χ0v) is 6.42. The Hall–Kier alpha value is -0.0106. The van der Waals surface area contributed by atoms with Crippen molar-refractivity contribution in [1.82, 2.24) is 0 Å². The number of halogens is 2. The quantitative estimate of drug-likeness (QED) is 0.394. The minimum Gasteiger partial charge on any atom is -1.00 e. The third kappa shape index (κ3) is 5.99. The van der Waals surface area contributed by atoms with Crippen molar-refractivity contribution in [2.75, 3.05) is 0 Å². The Morgan fingerprint density at radius 1 is 1.25 bits per heavy atom. The van der Waals surface area contributed by atoms with Gasteiger partial charge in [0.15, 0.2) is 0 Å². The van der Waals surface area contributed by atoms with E-state index in [1.807, 2.05) is 12.2 Å². The molecule has 0 spiro atoms. The van der Waals surface area contributed by atoms with Crippen LogP contribution in [-0.4, -0.2) is 0 Å². The first-order valence-electron chi connectivity index (χ1n) is 1.72. The molecule has 0 bridgehead atoms. The van der Waals surface area contributed by atoms with Gasteiger partial charge in [-0.1, -0.05) is 0 Å². The molecule has 0 unspecified atom stereocenters. The van der Waals surface area contributed by atoms with Crippen molar-refractivity contribution in [2.24, 2.45) is 0 Å². The molecule has 0 nitrogen and oxygen atoms in total. The Morgan fingerprint density at radius 2 is 1.88 bits per heavy atom. The third-order valence-electron chi connectivity index (χ3n) is 0.586. The number of allylic oxidation sites excluding steroid dienone is 4. The number of hydrogen-bond acceptors (Lipinski definition) is 0. The fraction of sp³-hybridized carbons (Fsp3) is 0.200. The van der Waals surface area contributed by atoms with E-state index in [9.17, 15) is 0 Å². The summed E-state index contributed by atoms with van der Waals surface area (Å²) in [5.41, 5.74) is 0. The SMILES string of the molecule is [C-]1=CC=CC1.[F-].[F-].[Ir+3]. The number of hydrogen-bond donors (Lipinski definition) is 0. The molecule has 0 aromatic carbocycles. The Balaban J connectivity index is -0.0000000833. The summed E-state index contributed by atoms with van der Waals surface area (Å²) in [4.78, 5) is 0. The van der Waals surface area contributed by atoms with Crippen LogP contribution in [0.1, 0.15) is 6.42 Å². The summed E-state index contributed by atoms with van der Waals surface area (Å²) >= 11 is 0. The van der Waals surface area contributed by atoms with E-state index in [2.05, 4.69) is 12.2 Å². The van der Waals surface area contributed by atoms with Crippen LogP contribution in [-0.2, 0) is 20.1 Å². The number of rotatable bonds is 0. The second-order valence-corrected chi connectivity index (χ2v) is 1.00. The van der Waals surface area contributed by atoms with E-state index in [-0.39, 0.29) is 29.5 Å². The second kappa shape index (κ2) is 10.1. The molecule has 0 saturated carbocycles. The molecule has 0 amide bonds. The molecule has 1 aliphatic carbocycles. The van der Waals surface area contributed by atoms with Gasteiger partial charge in [0.25, 0.3) is 0 Å². The van der Waals surface area contributed by atoms with E-state index in [4.69, 9.17) is 0 Å². The van der Waals surface area contributed by atoms with Crippen LogP contribution in [0.3, 0.4) is 0 Å². The van der Waals surface area contributed by atoms with Crippen LogP contribution in [0.2, 0.25) is 0 Å². The smallest absolute Gasteiger partial charge is 1.00 e. The topological polar surface area (TPSA) is 0 Å². The minimum atomic E-state index is 0. The predicted molar refractivity (Wildman–Crippen MR) is 21.6 cm³/mol. The third-order valence-corrected chi connectivity index (χ3v) is 0.586. The normalized spacial score (nSPS) is 11.0.